The maximum atomic E-state index is 13.0. The molecular formula is C30H40Cl2N8O3S. The molecule has 0 saturated carbocycles. The number of piperidine rings is 1. The smallest absolute Gasteiger partial charge is 0.350 e. The first kappa shape index (κ1) is 32.5. The number of hydrogen-bond donors (Lipinski definition) is 2. The van der Waals surface area contributed by atoms with Gasteiger partial charge in [-0.15, -0.1) is 0 Å². The molecule has 2 N–H and O–H groups in total. The monoisotopic (exact) mass is 662 g/mol. The Kier molecular flexibility index (Phi) is 10.3. The molecule has 238 valence electrons. The Hall–Kier alpha value is -2.93. The van der Waals surface area contributed by atoms with Crippen LogP contribution in [-0.4, -0.2) is 95.2 Å². The summed E-state index contributed by atoms with van der Waals surface area (Å²) in [6.45, 7) is 16.6. The van der Waals surface area contributed by atoms with Crippen molar-refractivity contribution in [2.75, 3.05) is 62.2 Å². The van der Waals surface area contributed by atoms with Gasteiger partial charge in [0.2, 0.25) is 0 Å². The van der Waals surface area contributed by atoms with E-state index >= 15 is 0 Å². The number of H-pyrrole nitrogens is 1. The van der Waals surface area contributed by atoms with E-state index in [-0.39, 0.29) is 35.2 Å². The van der Waals surface area contributed by atoms with E-state index in [1.807, 2.05) is 0 Å². The molecule has 0 unspecified atom stereocenters. The standard InChI is InChI=1S/C30H40Cl2N8O3S/c1-6-43-29(42)27-25(21-13-34-22(14-33-21)39-11-9-38(10-12-39)15-17(2)3)37-30(44-27)40-8-7-20(18(4)16-40)36-28(41)26-24(32)23(31)19(5)35-26/h13-14,17-18,20,35H,6-12,15-16H2,1-5H3,(H,36,41)/t18-,20+/m0/s1. The fourth-order valence-electron chi connectivity index (χ4n) is 5.74. The molecule has 2 aliphatic rings. The first-order valence-electron chi connectivity index (χ1n) is 15.1. The maximum absolute atomic E-state index is 13.0. The maximum Gasteiger partial charge on any atom is 0.350 e. The average Bonchev–Trinajstić information content (AvgIpc) is 3.56. The summed E-state index contributed by atoms with van der Waals surface area (Å²) in [7, 11) is 0. The summed E-state index contributed by atoms with van der Waals surface area (Å²) in [6, 6.07) is -0.0631. The number of aryl methyl sites for hydroxylation is 1. The second kappa shape index (κ2) is 14.0. The minimum absolute atomic E-state index is 0.0631. The van der Waals surface area contributed by atoms with E-state index in [2.05, 4.69) is 50.8 Å². The van der Waals surface area contributed by atoms with Gasteiger partial charge < -0.3 is 24.8 Å². The molecule has 1 amide bonds. The van der Waals surface area contributed by atoms with E-state index in [0.717, 1.165) is 38.5 Å². The van der Waals surface area contributed by atoms with Crippen LogP contribution in [0.15, 0.2) is 12.4 Å². The van der Waals surface area contributed by atoms with Crippen LogP contribution in [0.4, 0.5) is 10.9 Å². The summed E-state index contributed by atoms with van der Waals surface area (Å²) in [5.41, 5.74) is 1.93. The number of esters is 1. The topological polar surface area (TPSA) is 120 Å². The third-order valence-electron chi connectivity index (χ3n) is 8.05. The summed E-state index contributed by atoms with van der Waals surface area (Å²) in [5.74, 6) is 0.867. The zero-order valence-electron chi connectivity index (χ0n) is 25.8. The number of carbonyl (C=O) groups is 2. The van der Waals surface area contributed by atoms with Crippen molar-refractivity contribution in [3.05, 3.63) is 38.7 Å². The second-order valence-electron chi connectivity index (χ2n) is 11.9. The highest BCUT2D eigenvalue weighted by molar-refractivity contribution is 7.17. The Labute approximate surface area is 272 Å². The van der Waals surface area contributed by atoms with Crippen LogP contribution >= 0.6 is 34.5 Å². The number of nitrogens with zero attached hydrogens (tertiary/aromatic N) is 6. The van der Waals surface area contributed by atoms with Crippen LogP contribution in [0, 0.1) is 18.8 Å². The van der Waals surface area contributed by atoms with E-state index in [9.17, 15) is 9.59 Å². The van der Waals surface area contributed by atoms with Gasteiger partial charge in [-0.2, -0.15) is 0 Å². The van der Waals surface area contributed by atoms with E-state index in [4.69, 9.17) is 37.9 Å². The van der Waals surface area contributed by atoms with Gasteiger partial charge in [0.25, 0.3) is 5.91 Å². The highest BCUT2D eigenvalue weighted by Gasteiger charge is 2.32. The van der Waals surface area contributed by atoms with Crippen molar-refractivity contribution >= 4 is 57.4 Å². The van der Waals surface area contributed by atoms with Gasteiger partial charge in [0.1, 0.15) is 27.8 Å². The lowest BCUT2D eigenvalue weighted by Crippen LogP contribution is -2.50. The lowest BCUT2D eigenvalue weighted by molar-refractivity contribution is 0.0532. The van der Waals surface area contributed by atoms with E-state index in [1.165, 1.54) is 11.3 Å². The molecule has 2 fully saturated rings. The van der Waals surface area contributed by atoms with Crippen LogP contribution in [0.3, 0.4) is 0 Å². The first-order valence-corrected chi connectivity index (χ1v) is 16.7. The van der Waals surface area contributed by atoms with Crippen LogP contribution in [0.1, 0.15) is 60.0 Å². The van der Waals surface area contributed by atoms with Crippen molar-refractivity contribution in [3.8, 4) is 11.4 Å². The number of ether oxygens (including phenoxy) is 1. The van der Waals surface area contributed by atoms with Crippen LogP contribution in [0.5, 0.6) is 0 Å². The van der Waals surface area contributed by atoms with Gasteiger partial charge in [-0.3, -0.25) is 9.69 Å². The predicted octanol–water partition coefficient (Wildman–Crippen LogP) is 5.14. The van der Waals surface area contributed by atoms with E-state index in [0.29, 0.717) is 57.5 Å². The van der Waals surface area contributed by atoms with Crippen LogP contribution in [-0.2, 0) is 4.74 Å². The molecule has 2 atom stereocenters. The summed E-state index contributed by atoms with van der Waals surface area (Å²) in [4.78, 5) is 50.4. The van der Waals surface area contributed by atoms with Crippen molar-refractivity contribution in [2.24, 2.45) is 11.8 Å². The number of halogens is 2. The van der Waals surface area contributed by atoms with Gasteiger partial charge in [-0.05, 0) is 32.1 Å². The third kappa shape index (κ3) is 7.14. The highest BCUT2D eigenvalue weighted by Crippen LogP contribution is 2.35. The molecule has 44 heavy (non-hydrogen) atoms. The molecule has 5 rings (SSSR count). The number of anilines is 2. The minimum Gasteiger partial charge on any atom is -0.462 e. The predicted molar refractivity (Wildman–Crippen MR) is 175 cm³/mol. The molecule has 2 saturated heterocycles. The third-order valence-corrected chi connectivity index (χ3v) is 10.1. The number of carbonyl (C=O) groups excluding carboxylic acids is 2. The molecule has 0 bridgehead atoms. The van der Waals surface area contributed by atoms with Crippen LogP contribution in [0.25, 0.3) is 11.4 Å². The Morgan fingerprint density at radius 3 is 2.45 bits per heavy atom. The van der Waals surface area contributed by atoms with Crippen LogP contribution in [0.2, 0.25) is 10.0 Å². The fraction of sp³-hybridized carbons (Fsp3) is 0.567. The molecule has 0 aliphatic carbocycles. The highest BCUT2D eigenvalue weighted by atomic mass is 35.5. The van der Waals surface area contributed by atoms with Gasteiger partial charge in [-0.1, -0.05) is 55.3 Å². The van der Waals surface area contributed by atoms with Crippen molar-refractivity contribution in [2.45, 2.75) is 47.1 Å². The minimum atomic E-state index is -0.426. The Balaban J connectivity index is 1.28. The number of amides is 1. The number of aromatic amines is 1. The fourth-order valence-corrected chi connectivity index (χ4v) is 7.16. The lowest BCUT2D eigenvalue weighted by Gasteiger charge is -2.37. The molecule has 0 radical (unpaired) electrons. The zero-order valence-corrected chi connectivity index (χ0v) is 28.2. The first-order chi connectivity index (χ1) is 21.0. The number of thiazole rings is 1. The second-order valence-corrected chi connectivity index (χ2v) is 13.6. The normalized spacial score (nSPS) is 19.5. The largest absolute Gasteiger partial charge is 0.462 e. The zero-order chi connectivity index (χ0) is 31.5. The molecular weight excluding hydrogens is 623 g/mol. The Morgan fingerprint density at radius 2 is 1.86 bits per heavy atom. The van der Waals surface area contributed by atoms with Crippen molar-refractivity contribution in [1.29, 1.82) is 0 Å². The quantitative estimate of drug-likeness (QED) is 0.300. The molecule has 3 aromatic heterocycles. The Morgan fingerprint density at radius 1 is 1.11 bits per heavy atom. The lowest BCUT2D eigenvalue weighted by atomic mass is 9.94. The molecule has 0 aromatic carbocycles. The average molecular weight is 664 g/mol. The van der Waals surface area contributed by atoms with Gasteiger partial charge in [0.05, 0.1) is 29.0 Å². The van der Waals surface area contributed by atoms with Crippen LogP contribution < -0.4 is 15.1 Å². The molecule has 3 aromatic rings. The van der Waals surface area contributed by atoms with Gasteiger partial charge >= 0.3 is 5.97 Å². The summed E-state index contributed by atoms with van der Waals surface area (Å²) < 4.78 is 5.37. The van der Waals surface area contributed by atoms with Crippen molar-refractivity contribution in [3.63, 3.8) is 0 Å². The van der Waals surface area contributed by atoms with Gasteiger partial charge in [-0.25, -0.2) is 19.7 Å². The molecule has 14 heteroatoms. The summed E-state index contributed by atoms with van der Waals surface area (Å²) in [6.07, 6.45) is 4.16. The number of aromatic nitrogens is 4. The van der Waals surface area contributed by atoms with E-state index in [1.54, 1.807) is 26.2 Å². The van der Waals surface area contributed by atoms with E-state index < -0.39 is 5.97 Å². The number of rotatable bonds is 9. The summed E-state index contributed by atoms with van der Waals surface area (Å²) >= 11 is 13.7. The van der Waals surface area contributed by atoms with Crippen molar-refractivity contribution in [1.82, 2.24) is 30.2 Å². The van der Waals surface area contributed by atoms with Crippen molar-refractivity contribution < 1.29 is 14.3 Å². The molecule has 11 nitrogen and oxygen atoms in total. The molecule has 5 heterocycles. The SMILES string of the molecule is CCOC(=O)c1sc(N2CC[C@@H](NC(=O)c3[nH]c(C)c(Cl)c3Cl)[C@@H](C)C2)nc1-c1cnc(N2CCN(CC(C)C)CC2)cn1. The summed E-state index contributed by atoms with van der Waals surface area (Å²) in [5, 5.41) is 4.40. The number of piperazine rings is 1. The molecule has 2 aliphatic heterocycles. The van der Waals surface area contributed by atoms with Gasteiger partial charge in [0, 0.05) is 57.5 Å². The Bertz CT molecular complexity index is 1470. The number of hydrogen-bond acceptors (Lipinski definition) is 10. The molecule has 0 spiro atoms. The number of nitrogens with one attached hydrogen (secondary N) is 2. The van der Waals surface area contributed by atoms with Gasteiger partial charge in [0.15, 0.2) is 5.13 Å².